The highest BCUT2D eigenvalue weighted by atomic mass is 14.0. The largest absolute Gasteiger partial charge is 0.0885 e. The molecule has 1 radical (unpaired) electrons. The summed E-state index contributed by atoms with van der Waals surface area (Å²) in [4.78, 5) is 0. The molecule has 1 atom stereocenters. The molecule has 0 aliphatic heterocycles. The van der Waals surface area contributed by atoms with Crippen molar-refractivity contribution in [2.45, 2.75) is 39.5 Å². The van der Waals surface area contributed by atoms with Crippen LogP contribution in [-0.4, -0.2) is 0 Å². The van der Waals surface area contributed by atoms with Gasteiger partial charge in [-0.2, -0.15) is 0 Å². The van der Waals surface area contributed by atoms with E-state index in [4.69, 9.17) is 0 Å². The van der Waals surface area contributed by atoms with Gasteiger partial charge >= 0.3 is 0 Å². The van der Waals surface area contributed by atoms with Gasteiger partial charge in [0.1, 0.15) is 0 Å². The van der Waals surface area contributed by atoms with Gasteiger partial charge in [-0.05, 0) is 18.8 Å². The zero-order chi connectivity index (χ0) is 7.82. The monoisotopic (exact) mass is 139 g/mol. The second kappa shape index (κ2) is 6.85. The van der Waals surface area contributed by atoms with Crippen LogP contribution < -0.4 is 0 Å². The van der Waals surface area contributed by atoms with Crippen molar-refractivity contribution >= 4 is 0 Å². The predicted molar refractivity (Wildman–Crippen MR) is 47.8 cm³/mol. The first-order valence-corrected chi connectivity index (χ1v) is 4.25. The molecule has 0 rings (SSSR count). The van der Waals surface area contributed by atoms with Crippen LogP contribution in [0.5, 0.6) is 0 Å². The third kappa shape index (κ3) is 5.87. The first-order valence-electron chi connectivity index (χ1n) is 4.25. The normalized spacial score (nSPS) is 14.3. The van der Waals surface area contributed by atoms with E-state index in [1.165, 1.54) is 19.3 Å². The minimum absolute atomic E-state index is 0.758. The molecule has 0 bridgehead atoms. The van der Waals surface area contributed by atoms with Crippen molar-refractivity contribution in [2.24, 2.45) is 5.92 Å². The van der Waals surface area contributed by atoms with Gasteiger partial charge in [-0.3, -0.25) is 0 Å². The van der Waals surface area contributed by atoms with Crippen molar-refractivity contribution < 1.29 is 0 Å². The third-order valence-corrected chi connectivity index (χ3v) is 1.65. The van der Waals surface area contributed by atoms with E-state index < -0.39 is 0 Å². The van der Waals surface area contributed by atoms with Crippen LogP contribution in [0.4, 0.5) is 0 Å². The summed E-state index contributed by atoms with van der Waals surface area (Å²) in [5, 5.41) is 0. The van der Waals surface area contributed by atoms with Gasteiger partial charge in [0.05, 0.1) is 0 Å². The zero-order valence-electron chi connectivity index (χ0n) is 7.27. The Bertz CT molecular complexity index is 82.0. The molecular weight excluding hydrogens is 120 g/mol. The van der Waals surface area contributed by atoms with E-state index >= 15 is 0 Å². The van der Waals surface area contributed by atoms with Crippen molar-refractivity contribution in [2.75, 3.05) is 0 Å². The van der Waals surface area contributed by atoms with E-state index in [0.29, 0.717) is 0 Å². The topological polar surface area (TPSA) is 0 Å². The molecule has 0 heteroatoms. The quantitative estimate of drug-likeness (QED) is 0.510. The first-order chi connectivity index (χ1) is 4.81. The van der Waals surface area contributed by atoms with Crippen molar-refractivity contribution in [1.82, 2.24) is 0 Å². The summed E-state index contributed by atoms with van der Waals surface area (Å²) in [6.45, 7) is 8.29. The molecule has 1 unspecified atom stereocenters. The van der Waals surface area contributed by atoms with Gasteiger partial charge in [0, 0.05) is 0 Å². The number of hydrogen-bond acceptors (Lipinski definition) is 0. The van der Waals surface area contributed by atoms with Crippen LogP contribution in [0.2, 0.25) is 0 Å². The molecular formula is C10H19. The zero-order valence-corrected chi connectivity index (χ0v) is 7.27. The second-order valence-electron chi connectivity index (χ2n) is 2.89. The summed E-state index contributed by atoms with van der Waals surface area (Å²) in [5.41, 5.74) is 0. The van der Waals surface area contributed by atoms with Gasteiger partial charge < -0.3 is 0 Å². The van der Waals surface area contributed by atoms with Gasteiger partial charge in [0.15, 0.2) is 0 Å². The van der Waals surface area contributed by atoms with E-state index in [0.717, 1.165) is 12.3 Å². The van der Waals surface area contributed by atoms with E-state index in [1.807, 2.05) is 0 Å². The maximum atomic E-state index is 3.85. The van der Waals surface area contributed by atoms with Gasteiger partial charge in [-0.25, -0.2) is 0 Å². The van der Waals surface area contributed by atoms with E-state index in [2.05, 4.69) is 32.9 Å². The minimum atomic E-state index is 0.758. The van der Waals surface area contributed by atoms with E-state index in [9.17, 15) is 0 Å². The maximum Gasteiger partial charge on any atom is -0.0325 e. The van der Waals surface area contributed by atoms with Crippen LogP contribution >= 0.6 is 0 Å². The molecule has 10 heavy (non-hydrogen) atoms. The number of rotatable bonds is 5. The summed E-state index contributed by atoms with van der Waals surface area (Å²) in [6, 6.07) is 0. The van der Waals surface area contributed by atoms with Crippen LogP contribution in [0, 0.1) is 12.8 Å². The average Bonchev–Trinajstić information content (AvgIpc) is 1.98. The molecule has 0 heterocycles. The van der Waals surface area contributed by atoms with E-state index in [-0.39, 0.29) is 0 Å². The Kier molecular flexibility index (Phi) is 6.68. The molecule has 0 spiro atoms. The highest BCUT2D eigenvalue weighted by Crippen LogP contribution is 2.06. The molecule has 0 nitrogen and oxygen atoms in total. The Labute approximate surface area is 65.3 Å². The van der Waals surface area contributed by atoms with Crippen LogP contribution in [0.3, 0.4) is 0 Å². The van der Waals surface area contributed by atoms with Crippen molar-refractivity contribution in [3.8, 4) is 0 Å². The summed E-state index contributed by atoms with van der Waals surface area (Å²) in [6.07, 6.45) is 9.28. The molecule has 0 aromatic rings. The lowest BCUT2D eigenvalue weighted by atomic mass is 10.1. The SMILES string of the molecule is [CH2]CC(C)CC=CCCC. The fraction of sp³-hybridized carbons (Fsp3) is 0.700. The molecule has 59 valence electrons. The third-order valence-electron chi connectivity index (χ3n) is 1.65. The van der Waals surface area contributed by atoms with Crippen molar-refractivity contribution in [3.63, 3.8) is 0 Å². The Hall–Kier alpha value is -0.260. The Balaban J connectivity index is 3.16. The van der Waals surface area contributed by atoms with Gasteiger partial charge in [0.2, 0.25) is 0 Å². The molecule has 0 aliphatic rings. The first kappa shape index (κ1) is 9.74. The average molecular weight is 139 g/mol. The minimum Gasteiger partial charge on any atom is -0.0885 e. The Morgan fingerprint density at radius 1 is 1.40 bits per heavy atom. The fourth-order valence-electron chi connectivity index (χ4n) is 0.731. The standard InChI is InChI=1S/C10H19/c1-4-6-7-8-9-10(3)5-2/h7-8,10H,2,4-6,9H2,1,3H3. The molecule has 0 amide bonds. The van der Waals surface area contributed by atoms with Crippen LogP contribution in [0.15, 0.2) is 12.2 Å². The second-order valence-corrected chi connectivity index (χ2v) is 2.89. The Morgan fingerprint density at radius 3 is 2.60 bits per heavy atom. The summed E-state index contributed by atoms with van der Waals surface area (Å²) in [7, 11) is 0. The lowest BCUT2D eigenvalue weighted by Gasteiger charge is -2.01. The predicted octanol–water partition coefficient (Wildman–Crippen LogP) is 3.59. The van der Waals surface area contributed by atoms with Crippen molar-refractivity contribution in [3.05, 3.63) is 19.1 Å². The lowest BCUT2D eigenvalue weighted by Crippen LogP contribution is -1.87. The Morgan fingerprint density at radius 2 is 2.10 bits per heavy atom. The van der Waals surface area contributed by atoms with Gasteiger partial charge in [-0.1, -0.05) is 45.8 Å². The van der Waals surface area contributed by atoms with E-state index in [1.54, 1.807) is 0 Å². The molecule has 0 aromatic heterocycles. The highest BCUT2D eigenvalue weighted by molar-refractivity contribution is 4.82. The molecule has 0 saturated heterocycles. The maximum absolute atomic E-state index is 3.85. The lowest BCUT2D eigenvalue weighted by molar-refractivity contribution is 0.600. The van der Waals surface area contributed by atoms with Crippen molar-refractivity contribution in [1.29, 1.82) is 0 Å². The smallest absolute Gasteiger partial charge is 0.0325 e. The van der Waals surface area contributed by atoms with Crippen LogP contribution in [0.1, 0.15) is 39.5 Å². The number of hydrogen-bond donors (Lipinski definition) is 0. The van der Waals surface area contributed by atoms with Crippen LogP contribution in [0.25, 0.3) is 0 Å². The molecule has 0 fully saturated rings. The molecule has 0 N–H and O–H groups in total. The molecule has 0 aromatic carbocycles. The fourth-order valence-corrected chi connectivity index (χ4v) is 0.731. The van der Waals surface area contributed by atoms with Gasteiger partial charge in [-0.15, -0.1) is 0 Å². The van der Waals surface area contributed by atoms with Gasteiger partial charge in [0.25, 0.3) is 0 Å². The van der Waals surface area contributed by atoms with Crippen LogP contribution in [-0.2, 0) is 0 Å². The number of allylic oxidation sites excluding steroid dienone is 2. The molecule has 0 saturated carbocycles. The summed E-state index contributed by atoms with van der Waals surface area (Å²) < 4.78 is 0. The number of unbranched alkanes of at least 4 members (excludes halogenated alkanes) is 1. The summed E-state index contributed by atoms with van der Waals surface area (Å²) >= 11 is 0. The summed E-state index contributed by atoms with van der Waals surface area (Å²) in [5.74, 6) is 0.758. The molecule has 0 aliphatic carbocycles. The highest BCUT2D eigenvalue weighted by Gasteiger charge is 1.92.